The molecule has 0 bridgehead atoms. The Labute approximate surface area is 583 Å². The number of unbranched alkanes of at least 4 members (excludes halogenated alkanes) is 39. The lowest BCUT2D eigenvalue weighted by atomic mass is 10.0. The third-order valence-electron chi connectivity index (χ3n) is 17.3. The van der Waals surface area contributed by atoms with Crippen LogP contribution < -0.4 is 0 Å². The van der Waals surface area contributed by atoms with Crippen LogP contribution in [0.2, 0.25) is 0 Å². The summed E-state index contributed by atoms with van der Waals surface area (Å²) in [4.78, 5) is 24.7. The minimum absolute atomic E-state index is 0.0670. The van der Waals surface area contributed by atoms with E-state index in [2.05, 4.69) is 172 Å². The molecule has 0 aliphatic heterocycles. The molecule has 0 aliphatic carbocycles. The van der Waals surface area contributed by atoms with Crippen molar-refractivity contribution in [3.05, 3.63) is 158 Å². The number of allylic oxidation sites excluding steroid dienone is 26. The highest BCUT2D eigenvalue weighted by atomic mass is 16.6. The van der Waals surface area contributed by atoms with Crippen LogP contribution in [-0.2, 0) is 19.1 Å². The standard InChI is InChI=1S/C89H150O5/c1-3-5-7-9-11-13-15-17-19-21-23-25-27-29-31-33-35-37-39-41-43-44-46-48-50-52-54-56-58-60-62-64-66-68-70-72-74-76-78-80-82-84-89(92)94-87(85-90)86-93-88(91)83-81-79-77-75-73-71-69-67-65-63-61-59-57-55-53-51-49-47-45-42-40-38-36-34-32-30-28-26-24-22-20-18-16-14-12-10-8-6-4-2/h5-8,11-14,17-20,23-26,29-32,35,37,41,43,46,48,87,90H,3-4,9-10,15-16,21-22,27-28,33-34,36,38-40,42,44-45,47,49-86H2,1-2H3/b7-5-,8-6-,13-11-,14-12-,19-17-,20-18-,25-23-,26-24-,31-29-,32-30-,37-35-,43-41-,48-46-. The van der Waals surface area contributed by atoms with E-state index in [0.717, 1.165) is 122 Å². The summed E-state index contributed by atoms with van der Waals surface area (Å²) in [5.41, 5.74) is 0. The highest BCUT2D eigenvalue weighted by molar-refractivity contribution is 5.70. The molecule has 0 rings (SSSR count). The first-order chi connectivity index (χ1) is 46.6. The van der Waals surface area contributed by atoms with Crippen molar-refractivity contribution in [3.63, 3.8) is 0 Å². The molecule has 0 radical (unpaired) electrons. The van der Waals surface area contributed by atoms with E-state index >= 15 is 0 Å². The Bertz CT molecular complexity index is 1960. The van der Waals surface area contributed by atoms with Gasteiger partial charge in [-0.1, -0.05) is 397 Å². The highest BCUT2D eigenvalue weighted by Crippen LogP contribution is 2.19. The fraction of sp³-hybridized carbons (Fsp3) is 0.685. The van der Waals surface area contributed by atoms with Crippen molar-refractivity contribution in [2.75, 3.05) is 13.2 Å². The molecule has 0 spiro atoms. The lowest BCUT2D eigenvalue weighted by Crippen LogP contribution is -2.28. The van der Waals surface area contributed by atoms with E-state index < -0.39 is 6.10 Å². The van der Waals surface area contributed by atoms with Gasteiger partial charge in [0.25, 0.3) is 0 Å². The van der Waals surface area contributed by atoms with Crippen LogP contribution in [0.1, 0.15) is 373 Å². The van der Waals surface area contributed by atoms with Gasteiger partial charge in [0, 0.05) is 12.8 Å². The molecule has 536 valence electrons. The average Bonchev–Trinajstić information content (AvgIpc) is 3.77. The van der Waals surface area contributed by atoms with Gasteiger partial charge in [0.1, 0.15) is 6.61 Å². The van der Waals surface area contributed by atoms with Crippen molar-refractivity contribution in [3.8, 4) is 0 Å². The molecule has 0 amide bonds. The van der Waals surface area contributed by atoms with Gasteiger partial charge in [0.15, 0.2) is 6.10 Å². The molecule has 0 aromatic rings. The third kappa shape index (κ3) is 80.0. The Kier molecular flexibility index (Phi) is 78.8. The number of hydrogen-bond donors (Lipinski definition) is 1. The molecule has 1 atom stereocenters. The second-order valence-corrected chi connectivity index (χ2v) is 26.4. The van der Waals surface area contributed by atoms with Crippen LogP contribution in [0.15, 0.2) is 158 Å². The van der Waals surface area contributed by atoms with E-state index in [4.69, 9.17) is 9.47 Å². The van der Waals surface area contributed by atoms with Crippen LogP contribution in [0.5, 0.6) is 0 Å². The molecular weight excluding hydrogens is 1150 g/mol. The summed E-state index contributed by atoms with van der Waals surface area (Å²) in [7, 11) is 0. The van der Waals surface area contributed by atoms with Gasteiger partial charge in [0.2, 0.25) is 0 Å². The minimum Gasteiger partial charge on any atom is -0.462 e. The summed E-state index contributed by atoms with van der Waals surface area (Å²) >= 11 is 0. The summed E-state index contributed by atoms with van der Waals surface area (Å²) in [6, 6.07) is 0. The number of carbonyl (C=O) groups is 2. The molecular formula is C89H150O5. The predicted molar refractivity (Wildman–Crippen MR) is 417 cm³/mol. The Morgan fingerprint density at radius 2 is 0.426 bits per heavy atom. The van der Waals surface area contributed by atoms with Crippen LogP contribution in [0.3, 0.4) is 0 Å². The summed E-state index contributed by atoms with van der Waals surface area (Å²) in [5.74, 6) is -0.578. The monoisotopic (exact) mass is 1300 g/mol. The zero-order valence-corrected chi connectivity index (χ0v) is 61.7. The van der Waals surface area contributed by atoms with E-state index in [1.54, 1.807) is 0 Å². The maximum Gasteiger partial charge on any atom is 0.306 e. The first-order valence-electron chi connectivity index (χ1n) is 40.0. The summed E-state index contributed by atoms with van der Waals surface area (Å²) in [6.07, 6.45) is 126. The molecule has 1 N–H and O–H groups in total. The molecule has 94 heavy (non-hydrogen) atoms. The minimum atomic E-state index is -0.779. The lowest BCUT2D eigenvalue weighted by molar-refractivity contribution is -0.161. The molecule has 0 saturated heterocycles. The molecule has 0 aromatic carbocycles. The van der Waals surface area contributed by atoms with Crippen molar-refractivity contribution < 1.29 is 24.2 Å². The van der Waals surface area contributed by atoms with E-state index in [-0.39, 0.29) is 25.2 Å². The normalized spacial score (nSPS) is 13.1. The van der Waals surface area contributed by atoms with Crippen molar-refractivity contribution >= 4 is 11.9 Å². The lowest BCUT2D eigenvalue weighted by Gasteiger charge is -2.15. The average molecular weight is 1300 g/mol. The first kappa shape index (κ1) is 89.5. The molecule has 0 saturated carbocycles. The Morgan fingerprint density at radius 1 is 0.245 bits per heavy atom. The number of carbonyl (C=O) groups excluding carboxylic acids is 2. The second-order valence-electron chi connectivity index (χ2n) is 26.4. The Morgan fingerprint density at radius 3 is 0.638 bits per heavy atom. The van der Waals surface area contributed by atoms with Gasteiger partial charge >= 0.3 is 11.9 Å². The summed E-state index contributed by atoms with van der Waals surface area (Å²) < 4.78 is 10.8. The molecule has 5 heteroatoms. The number of esters is 2. The summed E-state index contributed by atoms with van der Waals surface area (Å²) in [5, 5.41) is 9.73. The Hall–Kier alpha value is -4.48. The van der Waals surface area contributed by atoms with E-state index in [9.17, 15) is 14.7 Å². The molecule has 0 aromatic heterocycles. The quantitative estimate of drug-likeness (QED) is 0.0373. The van der Waals surface area contributed by atoms with Crippen LogP contribution in [0.4, 0.5) is 0 Å². The third-order valence-corrected chi connectivity index (χ3v) is 17.3. The Balaban J connectivity index is 3.45. The van der Waals surface area contributed by atoms with E-state index in [1.807, 2.05) is 0 Å². The van der Waals surface area contributed by atoms with Gasteiger partial charge in [-0.05, 0) is 122 Å². The summed E-state index contributed by atoms with van der Waals surface area (Å²) in [6.45, 7) is 3.94. The number of aliphatic hydroxyl groups excluding tert-OH is 1. The van der Waals surface area contributed by atoms with Gasteiger partial charge in [-0.3, -0.25) is 9.59 Å². The van der Waals surface area contributed by atoms with Gasteiger partial charge in [-0.25, -0.2) is 0 Å². The van der Waals surface area contributed by atoms with Crippen molar-refractivity contribution in [2.24, 2.45) is 0 Å². The fourth-order valence-electron chi connectivity index (χ4n) is 11.4. The van der Waals surface area contributed by atoms with Crippen molar-refractivity contribution in [2.45, 2.75) is 380 Å². The van der Waals surface area contributed by atoms with Crippen LogP contribution in [-0.4, -0.2) is 36.4 Å². The van der Waals surface area contributed by atoms with Gasteiger partial charge in [-0.15, -0.1) is 0 Å². The van der Waals surface area contributed by atoms with Crippen molar-refractivity contribution in [1.82, 2.24) is 0 Å². The number of hydrogen-bond acceptors (Lipinski definition) is 5. The van der Waals surface area contributed by atoms with E-state index in [0.29, 0.717) is 12.8 Å². The second kappa shape index (κ2) is 82.7. The number of aliphatic hydroxyl groups is 1. The molecule has 0 fully saturated rings. The number of ether oxygens (including phenoxy) is 2. The molecule has 5 nitrogen and oxygen atoms in total. The molecule has 0 aliphatic rings. The van der Waals surface area contributed by atoms with Crippen LogP contribution in [0.25, 0.3) is 0 Å². The van der Waals surface area contributed by atoms with Crippen LogP contribution in [0, 0.1) is 0 Å². The van der Waals surface area contributed by atoms with E-state index in [1.165, 1.54) is 225 Å². The first-order valence-corrected chi connectivity index (χ1v) is 40.0. The topological polar surface area (TPSA) is 72.8 Å². The number of rotatable bonds is 73. The predicted octanol–water partition coefficient (Wildman–Crippen LogP) is 28.5. The van der Waals surface area contributed by atoms with Gasteiger partial charge in [0.05, 0.1) is 6.61 Å². The van der Waals surface area contributed by atoms with Gasteiger partial charge < -0.3 is 14.6 Å². The molecule has 0 heterocycles. The SMILES string of the molecule is CC/C=C\C/C=C\C/C=C\C/C=C\C/C=C\C/C=C\C/C=C\C/C=C\CCCCCCCCCCCCCCCCCCC(=O)OC(CO)COC(=O)CCCCCCCCCCCCCCCCCCCCCCCCC/C=C\C/C=C\C/C=C\C/C=C\C/C=C\CC. The molecule has 1 unspecified atom stereocenters. The zero-order chi connectivity index (χ0) is 67.5. The smallest absolute Gasteiger partial charge is 0.306 e. The van der Waals surface area contributed by atoms with Crippen molar-refractivity contribution in [1.29, 1.82) is 0 Å². The highest BCUT2D eigenvalue weighted by Gasteiger charge is 2.16. The largest absolute Gasteiger partial charge is 0.462 e. The maximum atomic E-state index is 12.4. The maximum absolute atomic E-state index is 12.4. The fourth-order valence-corrected chi connectivity index (χ4v) is 11.4. The zero-order valence-electron chi connectivity index (χ0n) is 61.7. The van der Waals surface area contributed by atoms with Gasteiger partial charge in [-0.2, -0.15) is 0 Å². The van der Waals surface area contributed by atoms with Crippen LogP contribution >= 0.6 is 0 Å².